The zero-order chi connectivity index (χ0) is 21.8. The van der Waals surface area contributed by atoms with Gasteiger partial charge in [-0.05, 0) is 60.9 Å². The summed E-state index contributed by atoms with van der Waals surface area (Å²) in [6, 6.07) is 13.6. The molecule has 4 rings (SSSR count). The molecular formula is C23H29N3O3S2. The molecule has 0 aromatic heterocycles. The first-order valence-corrected chi connectivity index (χ1v) is 13.2. The van der Waals surface area contributed by atoms with Crippen LogP contribution in [-0.4, -0.2) is 51.2 Å². The van der Waals surface area contributed by atoms with Gasteiger partial charge >= 0.3 is 0 Å². The van der Waals surface area contributed by atoms with Gasteiger partial charge in [-0.25, -0.2) is 13.1 Å². The number of carbonyl (C=O) groups is 1. The van der Waals surface area contributed by atoms with Crippen LogP contribution in [-0.2, 0) is 27.8 Å². The third-order valence-corrected chi connectivity index (χ3v) is 8.46. The highest BCUT2D eigenvalue weighted by molar-refractivity contribution is 7.99. The summed E-state index contributed by atoms with van der Waals surface area (Å²) in [5.41, 5.74) is 3.48. The molecule has 0 spiro atoms. The maximum atomic E-state index is 12.9. The minimum absolute atomic E-state index is 0.0608. The predicted octanol–water partition coefficient (Wildman–Crippen LogP) is 3.26. The van der Waals surface area contributed by atoms with Crippen LogP contribution in [0, 0.1) is 0 Å². The summed E-state index contributed by atoms with van der Waals surface area (Å²) in [5.74, 6) is 0.858. The molecule has 0 radical (unpaired) electrons. The highest BCUT2D eigenvalue weighted by Gasteiger charge is 2.23. The van der Waals surface area contributed by atoms with Crippen molar-refractivity contribution in [3.8, 4) is 0 Å². The van der Waals surface area contributed by atoms with E-state index < -0.39 is 10.0 Å². The normalized spacial score (nSPS) is 17.0. The lowest BCUT2D eigenvalue weighted by molar-refractivity contribution is -0.116. The largest absolute Gasteiger partial charge is 0.311 e. The van der Waals surface area contributed by atoms with Crippen LogP contribution in [0.15, 0.2) is 52.3 Å². The van der Waals surface area contributed by atoms with E-state index in [0.717, 1.165) is 49.5 Å². The number of anilines is 1. The first-order valence-electron chi connectivity index (χ1n) is 10.8. The van der Waals surface area contributed by atoms with Crippen LogP contribution in [0.3, 0.4) is 0 Å². The Morgan fingerprint density at radius 2 is 1.94 bits per heavy atom. The lowest BCUT2D eigenvalue weighted by Crippen LogP contribution is -2.34. The van der Waals surface area contributed by atoms with Gasteiger partial charge in [-0.1, -0.05) is 24.3 Å². The van der Waals surface area contributed by atoms with Crippen molar-refractivity contribution >= 4 is 33.4 Å². The number of hydrogen-bond acceptors (Lipinski definition) is 5. The van der Waals surface area contributed by atoms with Crippen LogP contribution in [0.1, 0.15) is 30.9 Å². The number of benzene rings is 2. The molecule has 2 aromatic rings. The summed E-state index contributed by atoms with van der Waals surface area (Å²) in [5, 5.41) is 0. The Balaban J connectivity index is 1.36. The zero-order valence-corrected chi connectivity index (χ0v) is 19.5. The highest BCUT2D eigenvalue weighted by atomic mass is 32.2. The summed E-state index contributed by atoms with van der Waals surface area (Å²) in [6.07, 6.45) is 2.68. The Morgan fingerprint density at radius 3 is 2.74 bits per heavy atom. The molecular weight excluding hydrogens is 430 g/mol. The first-order chi connectivity index (χ1) is 14.9. The summed E-state index contributed by atoms with van der Waals surface area (Å²) in [4.78, 5) is 17.3. The number of amides is 1. The number of thioether (sulfide) groups is 1. The zero-order valence-electron chi connectivity index (χ0n) is 17.8. The summed E-state index contributed by atoms with van der Waals surface area (Å²) >= 11 is 1.67. The standard InChI is InChI=1S/C23H29N3O3S2/c1-18(27)26-13-5-15-30-23-9-8-21(16-22(23)26)31(28,29)24-11-4-12-25-14-10-19-6-2-3-7-20(19)17-25/h2-3,6-9,16,24H,4-5,10-15,17H2,1H3. The Morgan fingerprint density at radius 1 is 1.13 bits per heavy atom. The van der Waals surface area contributed by atoms with Crippen LogP contribution in [0.4, 0.5) is 5.69 Å². The predicted molar refractivity (Wildman–Crippen MR) is 125 cm³/mol. The van der Waals surface area contributed by atoms with Crippen molar-refractivity contribution in [2.75, 3.05) is 36.8 Å². The van der Waals surface area contributed by atoms with Gasteiger partial charge in [-0.15, -0.1) is 11.8 Å². The topological polar surface area (TPSA) is 69.7 Å². The van der Waals surface area contributed by atoms with Crippen molar-refractivity contribution in [3.63, 3.8) is 0 Å². The first kappa shape index (κ1) is 22.3. The number of nitrogens with one attached hydrogen (secondary N) is 1. The van der Waals surface area contributed by atoms with E-state index in [9.17, 15) is 13.2 Å². The molecule has 6 nitrogen and oxygen atoms in total. The second-order valence-electron chi connectivity index (χ2n) is 8.05. The van der Waals surface area contributed by atoms with Gasteiger partial charge in [-0.2, -0.15) is 0 Å². The van der Waals surface area contributed by atoms with Crippen molar-refractivity contribution in [2.45, 2.75) is 42.5 Å². The van der Waals surface area contributed by atoms with E-state index >= 15 is 0 Å². The number of rotatable bonds is 6. The molecule has 0 atom stereocenters. The van der Waals surface area contributed by atoms with E-state index in [-0.39, 0.29) is 10.8 Å². The average molecular weight is 460 g/mol. The molecule has 0 saturated carbocycles. The van der Waals surface area contributed by atoms with E-state index in [0.29, 0.717) is 18.8 Å². The van der Waals surface area contributed by atoms with Gasteiger partial charge < -0.3 is 4.90 Å². The van der Waals surface area contributed by atoms with Gasteiger partial charge in [0.25, 0.3) is 0 Å². The Bertz CT molecular complexity index is 1060. The summed E-state index contributed by atoms with van der Waals surface area (Å²) in [6.45, 7) is 5.32. The van der Waals surface area contributed by atoms with Crippen LogP contribution >= 0.6 is 11.8 Å². The molecule has 0 saturated heterocycles. The molecule has 31 heavy (non-hydrogen) atoms. The van der Waals surface area contributed by atoms with Crippen LogP contribution in [0.2, 0.25) is 0 Å². The Hall–Kier alpha value is -1.87. The molecule has 0 aliphatic carbocycles. The van der Waals surface area contributed by atoms with Gasteiger partial charge in [0, 0.05) is 38.0 Å². The van der Waals surface area contributed by atoms with Crippen molar-refractivity contribution in [1.82, 2.24) is 9.62 Å². The molecule has 0 unspecified atom stereocenters. The number of nitrogens with zero attached hydrogens (tertiary/aromatic N) is 2. The quantitative estimate of drug-likeness (QED) is 0.672. The van der Waals surface area contributed by atoms with E-state index in [2.05, 4.69) is 33.9 Å². The molecule has 0 bridgehead atoms. The number of carbonyl (C=O) groups excluding carboxylic acids is 1. The third-order valence-electron chi connectivity index (χ3n) is 5.85. The number of fused-ring (bicyclic) bond motifs is 2. The third kappa shape index (κ3) is 5.31. The van der Waals surface area contributed by atoms with E-state index in [1.54, 1.807) is 28.8 Å². The maximum absolute atomic E-state index is 12.9. The van der Waals surface area contributed by atoms with Gasteiger partial charge in [0.05, 0.1) is 10.6 Å². The molecule has 0 fully saturated rings. The lowest BCUT2D eigenvalue weighted by atomic mass is 10.00. The van der Waals surface area contributed by atoms with Gasteiger partial charge in [0.15, 0.2) is 0 Å². The Labute approximate surface area is 189 Å². The van der Waals surface area contributed by atoms with E-state index in [1.165, 1.54) is 18.1 Å². The van der Waals surface area contributed by atoms with Gasteiger partial charge in [0.1, 0.15) is 0 Å². The van der Waals surface area contributed by atoms with Gasteiger partial charge in [-0.3, -0.25) is 9.69 Å². The molecule has 8 heteroatoms. The number of sulfonamides is 1. The van der Waals surface area contributed by atoms with Crippen molar-refractivity contribution < 1.29 is 13.2 Å². The van der Waals surface area contributed by atoms with Gasteiger partial charge in [0.2, 0.25) is 15.9 Å². The van der Waals surface area contributed by atoms with Crippen LogP contribution in [0.25, 0.3) is 0 Å². The summed E-state index contributed by atoms with van der Waals surface area (Å²) in [7, 11) is -3.62. The smallest absolute Gasteiger partial charge is 0.240 e. The average Bonchev–Trinajstić information content (AvgIpc) is 2.99. The van der Waals surface area contributed by atoms with Crippen LogP contribution in [0.5, 0.6) is 0 Å². The minimum atomic E-state index is -3.62. The van der Waals surface area contributed by atoms with Crippen LogP contribution < -0.4 is 9.62 Å². The SMILES string of the molecule is CC(=O)N1CCCSc2ccc(S(=O)(=O)NCCCN3CCc4ccccc4C3)cc21. The molecule has 2 heterocycles. The molecule has 1 amide bonds. The molecule has 2 aliphatic heterocycles. The highest BCUT2D eigenvalue weighted by Crippen LogP contribution is 2.35. The summed E-state index contributed by atoms with van der Waals surface area (Å²) < 4.78 is 28.5. The fraction of sp³-hybridized carbons (Fsp3) is 0.435. The molecule has 2 aliphatic rings. The van der Waals surface area contributed by atoms with Crippen molar-refractivity contribution in [1.29, 1.82) is 0 Å². The van der Waals surface area contributed by atoms with Crippen molar-refractivity contribution in [3.05, 3.63) is 53.6 Å². The fourth-order valence-corrected chi connectivity index (χ4v) is 6.26. The van der Waals surface area contributed by atoms with E-state index in [4.69, 9.17) is 0 Å². The Kier molecular flexibility index (Phi) is 7.01. The number of hydrogen-bond donors (Lipinski definition) is 1. The van der Waals surface area contributed by atoms with Crippen molar-refractivity contribution in [2.24, 2.45) is 0 Å². The molecule has 1 N–H and O–H groups in total. The second kappa shape index (κ2) is 9.73. The molecule has 166 valence electrons. The second-order valence-corrected chi connectivity index (χ2v) is 11.0. The fourth-order valence-electron chi connectivity index (χ4n) is 4.19. The maximum Gasteiger partial charge on any atom is 0.240 e. The minimum Gasteiger partial charge on any atom is -0.311 e. The monoisotopic (exact) mass is 459 g/mol. The lowest BCUT2D eigenvalue weighted by Gasteiger charge is -2.28. The van der Waals surface area contributed by atoms with E-state index in [1.807, 2.05) is 6.07 Å². The molecule has 2 aromatic carbocycles.